The van der Waals surface area contributed by atoms with Gasteiger partial charge in [0, 0.05) is 19.3 Å². The Morgan fingerprint density at radius 2 is 1.89 bits per heavy atom. The molecule has 2 aromatic rings. The van der Waals surface area contributed by atoms with Crippen LogP contribution in [-0.4, -0.2) is 18.0 Å². The second-order valence-corrected chi connectivity index (χ2v) is 5.47. The first-order valence-electron chi connectivity index (χ1n) is 5.31. The predicted molar refractivity (Wildman–Crippen MR) is 67.0 cm³/mol. The molecular weight excluding hydrogens is 252 g/mol. The van der Waals surface area contributed by atoms with Crippen molar-refractivity contribution in [2.75, 3.05) is 0 Å². The highest BCUT2D eigenvalue weighted by Crippen LogP contribution is 2.11. The maximum absolute atomic E-state index is 11.1. The molecule has 0 amide bonds. The van der Waals surface area contributed by atoms with Crippen LogP contribution in [0, 0.1) is 0 Å². The minimum atomic E-state index is -3.63. The van der Waals surface area contributed by atoms with E-state index in [1.807, 2.05) is 4.57 Å². The number of aromatic nitrogens is 2. The van der Waals surface area contributed by atoms with Crippen LogP contribution in [0.15, 0.2) is 41.7 Å². The Morgan fingerprint density at radius 1 is 1.22 bits per heavy atom. The zero-order valence-electron chi connectivity index (χ0n) is 9.65. The number of sulfonamides is 1. The molecule has 2 rings (SSSR count). The quantitative estimate of drug-likeness (QED) is 0.815. The van der Waals surface area contributed by atoms with Gasteiger partial charge in [0.2, 0.25) is 10.0 Å². The van der Waals surface area contributed by atoms with Crippen molar-refractivity contribution >= 4 is 10.0 Å². The number of primary sulfonamides is 1. The number of hydrogen-bond donors (Lipinski definition) is 2. The molecule has 0 spiro atoms. The molecule has 0 aliphatic carbocycles. The van der Waals surface area contributed by atoms with Crippen LogP contribution in [-0.2, 0) is 23.1 Å². The van der Waals surface area contributed by atoms with Crippen LogP contribution in [0.4, 0.5) is 0 Å². The molecule has 1 aromatic heterocycles. The molecule has 0 bridgehead atoms. The van der Waals surface area contributed by atoms with Gasteiger partial charge in [0.1, 0.15) is 0 Å². The molecule has 0 radical (unpaired) electrons. The fraction of sp³-hybridized carbons (Fsp3) is 0.182. The molecule has 0 fully saturated rings. The Labute approximate surface area is 105 Å². The van der Waals surface area contributed by atoms with E-state index < -0.39 is 10.0 Å². The number of imidazole rings is 1. The predicted octanol–water partition coefficient (Wildman–Crippen LogP) is 0.0375. The highest BCUT2D eigenvalue weighted by molar-refractivity contribution is 7.89. The lowest BCUT2D eigenvalue weighted by atomic mass is 10.2. The van der Waals surface area contributed by atoms with Gasteiger partial charge in [0.05, 0.1) is 16.9 Å². The molecule has 18 heavy (non-hydrogen) atoms. The summed E-state index contributed by atoms with van der Waals surface area (Å²) in [5, 5.41) is 5.03. The van der Waals surface area contributed by atoms with E-state index in [9.17, 15) is 8.42 Å². The standard InChI is InChI=1S/C11H14N4O2S/c12-5-10-6-14-8-15(10)7-9-1-3-11(4-2-9)18(13,16)17/h1-4,6,8H,5,7,12H2,(H2,13,16,17). The summed E-state index contributed by atoms with van der Waals surface area (Å²) in [6.45, 7) is 1.01. The molecule has 0 unspecified atom stereocenters. The Morgan fingerprint density at radius 3 is 2.44 bits per heavy atom. The average molecular weight is 266 g/mol. The van der Waals surface area contributed by atoms with Gasteiger partial charge in [-0.1, -0.05) is 12.1 Å². The van der Waals surface area contributed by atoms with Crippen LogP contribution in [0.5, 0.6) is 0 Å². The van der Waals surface area contributed by atoms with E-state index in [0.717, 1.165) is 11.3 Å². The second-order valence-electron chi connectivity index (χ2n) is 3.91. The van der Waals surface area contributed by atoms with E-state index in [1.54, 1.807) is 24.7 Å². The van der Waals surface area contributed by atoms with Gasteiger partial charge >= 0.3 is 0 Å². The van der Waals surface area contributed by atoms with E-state index >= 15 is 0 Å². The van der Waals surface area contributed by atoms with Gasteiger partial charge in [-0.15, -0.1) is 0 Å². The highest BCUT2D eigenvalue weighted by Gasteiger charge is 2.07. The normalized spacial score (nSPS) is 11.7. The minimum absolute atomic E-state index is 0.107. The van der Waals surface area contributed by atoms with E-state index in [0.29, 0.717) is 13.1 Å². The number of nitrogens with two attached hydrogens (primary N) is 2. The molecule has 0 saturated carbocycles. The monoisotopic (exact) mass is 266 g/mol. The molecule has 1 heterocycles. The number of rotatable bonds is 4. The van der Waals surface area contributed by atoms with E-state index in [2.05, 4.69) is 4.98 Å². The molecular formula is C11H14N4O2S. The fourth-order valence-corrected chi connectivity index (χ4v) is 2.16. The summed E-state index contributed by atoms with van der Waals surface area (Å²) < 4.78 is 24.1. The van der Waals surface area contributed by atoms with E-state index in [-0.39, 0.29) is 4.90 Å². The lowest BCUT2D eigenvalue weighted by Crippen LogP contribution is -2.12. The maximum atomic E-state index is 11.1. The van der Waals surface area contributed by atoms with Crippen molar-refractivity contribution in [2.24, 2.45) is 10.9 Å². The summed E-state index contributed by atoms with van der Waals surface area (Å²) in [6, 6.07) is 6.42. The van der Waals surface area contributed by atoms with Crippen molar-refractivity contribution in [1.82, 2.24) is 9.55 Å². The van der Waals surface area contributed by atoms with Gasteiger partial charge in [-0.2, -0.15) is 0 Å². The molecule has 1 aromatic carbocycles. The molecule has 0 atom stereocenters. The molecule has 96 valence electrons. The zero-order valence-corrected chi connectivity index (χ0v) is 10.5. The lowest BCUT2D eigenvalue weighted by Gasteiger charge is -2.07. The lowest BCUT2D eigenvalue weighted by molar-refractivity contribution is 0.597. The van der Waals surface area contributed by atoms with Gasteiger partial charge in [-0.3, -0.25) is 0 Å². The summed E-state index contributed by atoms with van der Waals surface area (Å²) in [6.07, 6.45) is 3.40. The van der Waals surface area contributed by atoms with Gasteiger partial charge in [-0.25, -0.2) is 18.5 Å². The number of benzene rings is 1. The second kappa shape index (κ2) is 4.89. The Bertz CT molecular complexity index is 631. The number of hydrogen-bond acceptors (Lipinski definition) is 4. The van der Waals surface area contributed by atoms with Crippen molar-refractivity contribution in [3.05, 3.63) is 48.0 Å². The third kappa shape index (κ3) is 2.76. The van der Waals surface area contributed by atoms with Crippen LogP contribution in [0.25, 0.3) is 0 Å². The third-order valence-corrected chi connectivity index (χ3v) is 3.54. The van der Waals surface area contributed by atoms with Crippen LogP contribution >= 0.6 is 0 Å². The first-order chi connectivity index (χ1) is 8.50. The van der Waals surface area contributed by atoms with Crippen molar-refractivity contribution < 1.29 is 8.42 Å². The largest absolute Gasteiger partial charge is 0.329 e. The SMILES string of the molecule is NCc1cncn1Cc1ccc(S(N)(=O)=O)cc1. The average Bonchev–Trinajstić information content (AvgIpc) is 2.76. The summed E-state index contributed by atoms with van der Waals surface area (Å²) in [5.41, 5.74) is 7.45. The minimum Gasteiger partial charge on any atom is -0.329 e. The van der Waals surface area contributed by atoms with E-state index in [1.165, 1.54) is 12.1 Å². The van der Waals surface area contributed by atoms with Crippen molar-refractivity contribution in [3.8, 4) is 0 Å². The van der Waals surface area contributed by atoms with Crippen LogP contribution in [0.3, 0.4) is 0 Å². The molecule has 0 aliphatic heterocycles. The Balaban J connectivity index is 2.21. The Kier molecular flexibility index (Phi) is 3.46. The third-order valence-electron chi connectivity index (χ3n) is 2.61. The van der Waals surface area contributed by atoms with Gasteiger partial charge in [0.15, 0.2) is 0 Å². The van der Waals surface area contributed by atoms with Gasteiger partial charge in [0.25, 0.3) is 0 Å². The smallest absolute Gasteiger partial charge is 0.238 e. The molecule has 6 nitrogen and oxygen atoms in total. The summed E-state index contributed by atoms with van der Waals surface area (Å²) in [4.78, 5) is 4.12. The molecule has 0 aliphatic rings. The van der Waals surface area contributed by atoms with Gasteiger partial charge in [-0.05, 0) is 17.7 Å². The summed E-state index contributed by atoms with van der Waals surface area (Å²) in [5.74, 6) is 0. The first-order valence-corrected chi connectivity index (χ1v) is 6.86. The van der Waals surface area contributed by atoms with Crippen molar-refractivity contribution in [3.63, 3.8) is 0 Å². The molecule has 0 saturated heterocycles. The van der Waals surface area contributed by atoms with Crippen molar-refractivity contribution in [2.45, 2.75) is 18.0 Å². The zero-order chi connectivity index (χ0) is 13.2. The fourth-order valence-electron chi connectivity index (χ4n) is 1.64. The van der Waals surface area contributed by atoms with Crippen molar-refractivity contribution in [1.29, 1.82) is 0 Å². The summed E-state index contributed by atoms with van der Waals surface area (Å²) in [7, 11) is -3.63. The van der Waals surface area contributed by atoms with Crippen LogP contribution in [0.2, 0.25) is 0 Å². The van der Waals surface area contributed by atoms with Crippen LogP contribution < -0.4 is 10.9 Å². The highest BCUT2D eigenvalue weighted by atomic mass is 32.2. The van der Waals surface area contributed by atoms with E-state index in [4.69, 9.17) is 10.9 Å². The van der Waals surface area contributed by atoms with Gasteiger partial charge < -0.3 is 10.3 Å². The topological polar surface area (TPSA) is 104 Å². The summed E-state index contributed by atoms with van der Waals surface area (Å²) >= 11 is 0. The first kappa shape index (κ1) is 12.7. The molecule has 4 N–H and O–H groups in total. The maximum Gasteiger partial charge on any atom is 0.238 e. The Hall–Kier alpha value is -1.70. The molecule has 7 heteroatoms. The van der Waals surface area contributed by atoms with Crippen LogP contribution in [0.1, 0.15) is 11.3 Å². The number of nitrogens with zero attached hydrogens (tertiary/aromatic N) is 2.